The summed E-state index contributed by atoms with van der Waals surface area (Å²) in [7, 11) is 2.07. The first-order chi connectivity index (χ1) is 10.9. The Morgan fingerprint density at radius 2 is 1.65 bits per heavy atom. The van der Waals surface area contributed by atoms with E-state index in [-0.39, 0.29) is 11.0 Å². The molecule has 2 aliphatic carbocycles. The van der Waals surface area contributed by atoms with Gasteiger partial charge in [-0.25, -0.2) is 0 Å². The van der Waals surface area contributed by atoms with Crippen molar-refractivity contribution in [2.75, 3.05) is 7.05 Å². The van der Waals surface area contributed by atoms with Gasteiger partial charge in [0.05, 0.1) is 5.57 Å². The molecule has 0 radical (unpaired) electrons. The molecule has 0 atom stereocenters. The van der Waals surface area contributed by atoms with Gasteiger partial charge in [-0.2, -0.15) is 15.8 Å². The van der Waals surface area contributed by atoms with Crippen molar-refractivity contribution in [1.29, 1.82) is 15.8 Å². The number of allylic oxidation sites excluding steroid dienone is 4. The molecule has 0 aromatic rings. The minimum Gasteiger partial charge on any atom is -0.374 e. The largest absolute Gasteiger partial charge is 0.374 e. The van der Waals surface area contributed by atoms with Crippen molar-refractivity contribution in [2.24, 2.45) is 5.41 Å². The molecule has 0 aromatic carbocycles. The average molecular weight is 308 g/mol. The van der Waals surface area contributed by atoms with Gasteiger partial charge in [-0.05, 0) is 31.1 Å². The smallest absolute Gasteiger partial charge is 0.134 e. The van der Waals surface area contributed by atoms with Gasteiger partial charge in [-0.1, -0.05) is 33.1 Å². The normalized spacial score (nSPS) is 21.1. The molecule has 0 spiro atoms. The van der Waals surface area contributed by atoms with Crippen molar-refractivity contribution in [3.05, 3.63) is 22.4 Å². The number of hydrogen-bond donors (Lipinski definition) is 0. The Morgan fingerprint density at radius 1 is 1.04 bits per heavy atom. The number of hydrogen-bond acceptors (Lipinski definition) is 4. The third-order valence-corrected chi connectivity index (χ3v) is 5.08. The summed E-state index contributed by atoms with van der Waals surface area (Å²) in [4.78, 5) is 2.25. The van der Waals surface area contributed by atoms with Crippen molar-refractivity contribution in [1.82, 2.24) is 4.90 Å². The number of rotatable bonds is 2. The van der Waals surface area contributed by atoms with Crippen LogP contribution in [-0.4, -0.2) is 18.0 Å². The highest BCUT2D eigenvalue weighted by atomic mass is 15.1. The van der Waals surface area contributed by atoms with Crippen molar-refractivity contribution in [2.45, 2.75) is 64.8 Å². The fourth-order valence-electron chi connectivity index (χ4n) is 3.84. The van der Waals surface area contributed by atoms with Gasteiger partial charge in [0.25, 0.3) is 0 Å². The summed E-state index contributed by atoms with van der Waals surface area (Å²) in [6, 6.07) is 6.71. The fraction of sp³-hybridized carbons (Fsp3) is 0.632. The van der Waals surface area contributed by atoms with E-state index in [0.29, 0.717) is 23.6 Å². The Kier molecular flexibility index (Phi) is 5.12. The molecule has 0 unspecified atom stereocenters. The lowest BCUT2D eigenvalue weighted by atomic mass is 9.72. The summed E-state index contributed by atoms with van der Waals surface area (Å²) in [6.45, 7) is 4.28. The molecule has 0 heterocycles. The molecule has 1 saturated carbocycles. The van der Waals surface area contributed by atoms with Crippen molar-refractivity contribution in [3.8, 4) is 18.2 Å². The van der Waals surface area contributed by atoms with Gasteiger partial charge in [0, 0.05) is 24.4 Å². The molecule has 0 N–H and O–H groups in total. The van der Waals surface area contributed by atoms with E-state index >= 15 is 0 Å². The SMILES string of the molecule is CN(C1=C(C#N)C(=C(C#N)C#N)CC(C)(C)C1)C1CCCCC1. The Morgan fingerprint density at radius 3 is 2.17 bits per heavy atom. The predicted molar refractivity (Wildman–Crippen MR) is 88.5 cm³/mol. The van der Waals surface area contributed by atoms with Crippen molar-refractivity contribution >= 4 is 0 Å². The molecule has 120 valence electrons. The zero-order valence-electron chi connectivity index (χ0n) is 14.3. The quantitative estimate of drug-likeness (QED) is 0.717. The van der Waals surface area contributed by atoms with Crippen LogP contribution in [0.25, 0.3) is 0 Å². The maximum absolute atomic E-state index is 9.70. The molecule has 0 bridgehead atoms. The van der Waals surface area contributed by atoms with Gasteiger partial charge in [-0.3, -0.25) is 0 Å². The van der Waals surface area contributed by atoms with Crippen LogP contribution >= 0.6 is 0 Å². The summed E-state index contributed by atoms with van der Waals surface area (Å²) in [6.07, 6.45) is 7.49. The molecule has 2 rings (SSSR count). The summed E-state index contributed by atoms with van der Waals surface area (Å²) < 4.78 is 0. The van der Waals surface area contributed by atoms with Crippen LogP contribution in [0.15, 0.2) is 22.4 Å². The highest BCUT2D eigenvalue weighted by Gasteiger charge is 2.35. The highest BCUT2D eigenvalue weighted by Crippen LogP contribution is 2.44. The minimum absolute atomic E-state index is 0.0487. The third kappa shape index (κ3) is 3.57. The van der Waals surface area contributed by atoms with Gasteiger partial charge in [0.2, 0.25) is 0 Å². The molecule has 0 aliphatic heterocycles. The van der Waals surface area contributed by atoms with Crippen LogP contribution in [0.5, 0.6) is 0 Å². The van der Waals surface area contributed by atoms with E-state index in [0.717, 1.165) is 25.0 Å². The number of nitrogens with zero attached hydrogens (tertiary/aromatic N) is 4. The maximum atomic E-state index is 9.70. The number of nitriles is 3. The van der Waals surface area contributed by atoms with E-state index in [1.165, 1.54) is 19.3 Å². The van der Waals surface area contributed by atoms with Crippen LogP contribution in [0.3, 0.4) is 0 Å². The van der Waals surface area contributed by atoms with Crippen molar-refractivity contribution in [3.63, 3.8) is 0 Å². The molecule has 0 saturated heterocycles. The van der Waals surface area contributed by atoms with E-state index in [4.69, 9.17) is 0 Å². The van der Waals surface area contributed by atoms with Gasteiger partial charge in [0.1, 0.15) is 23.8 Å². The summed E-state index contributed by atoms with van der Waals surface area (Å²) in [5.41, 5.74) is 2.23. The summed E-state index contributed by atoms with van der Waals surface area (Å²) in [5.74, 6) is 0. The molecule has 0 amide bonds. The minimum atomic E-state index is -0.0487. The molecule has 1 fully saturated rings. The summed E-state index contributed by atoms with van der Waals surface area (Å²) in [5, 5.41) is 28.2. The molecule has 0 aromatic heterocycles. The van der Waals surface area contributed by atoms with E-state index < -0.39 is 0 Å². The molecule has 4 nitrogen and oxygen atoms in total. The predicted octanol–water partition coefficient (Wildman–Crippen LogP) is 4.19. The maximum Gasteiger partial charge on any atom is 0.134 e. The van der Waals surface area contributed by atoms with Crippen LogP contribution < -0.4 is 0 Å². The first-order valence-corrected chi connectivity index (χ1v) is 8.33. The second-order valence-electron chi connectivity index (χ2n) is 7.43. The Bertz CT molecular complexity index is 639. The molecule has 2 aliphatic rings. The van der Waals surface area contributed by atoms with Gasteiger partial charge in [0.15, 0.2) is 0 Å². The Balaban J connectivity index is 2.52. The zero-order chi connectivity index (χ0) is 17.0. The monoisotopic (exact) mass is 308 g/mol. The van der Waals surface area contributed by atoms with Crippen LogP contribution in [-0.2, 0) is 0 Å². The van der Waals surface area contributed by atoms with Crippen molar-refractivity contribution < 1.29 is 0 Å². The van der Waals surface area contributed by atoms with E-state index in [2.05, 4.69) is 31.9 Å². The molecular weight excluding hydrogens is 284 g/mol. The Labute approximate surface area is 139 Å². The van der Waals surface area contributed by atoms with Crippen LogP contribution in [0.1, 0.15) is 58.8 Å². The lowest BCUT2D eigenvalue weighted by Crippen LogP contribution is -2.37. The highest BCUT2D eigenvalue weighted by molar-refractivity contribution is 5.57. The molecular formula is C19H24N4. The van der Waals surface area contributed by atoms with E-state index in [1.54, 1.807) is 0 Å². The molecule has 4 heteroatoms. The third-order valence-electron chi connectivity index (χ3n) is 5.08. The zero-order valence-corrected chi connectivity index (χ0v) is 14.3. The van der Waals surface area contributed by atoms with Crippen LogP contribution in [0, 0.1) is 39.4 Å². The van der Waals surface area contributed by atoms with Crippen LogP contribution in [0.2, 0.25) is 0 Å². The van der Waals surface area contributed by atoms with Crippen LogP contribution in [0.4, 0.5) is 0 Å². The second kappa shape index (κ2) is 6.89. The summed E-state index contributed by atoms with van der Waals surface area (Å²) >= 11 is 0. The fourth-order valence-corrected chi connectivity index (χ4v) is 3.84. The van der Waals surface area contributed by atoms with E-state index in [1.807, 2.05) is 12.1 Å². The average Bonchev–Trinajstić information content (AvgIpc) is 2.55. The van der Waals surface area contributed by atoms with Gasteiger partial charge >= 0.3 is 0 Å². The molecule has 23 heavy (non-hydrogen) atoms. The lowest BCUT2D eigenvalue weighted by Gasteiger charge is -2.41. The Hall–Kier alpha value is -2.25. The van der Waals surface area contributed by atoms with E-state index in [9.17, 15) is 15.8 Å². The lowest BCUT2D eigenvalue weighted by molar-refractivity contribution is 0.202. The second-order valence-corrected chi connectivity index (χ2v) is 7.43. The standard InChI is InChI=1S/C19H24N4/c1-19(2)9-16(14(11-20)12-21)17(13-22)18(10-19)23(3)15-7-5-4-6-8-15/h15H,4-10H2,1-3H3. The van der Waals surface area contributed by atoms with Gasteiger partial charge < -0.3 is 4.90 Å². The first kappa shape index (κ1) is 17.1. The topological polar surface area (TPSA) is 74.6 Å². The van der Waals surface area contributed by atoms with Gasteiger partial charge in [-0.15, -0.1) is 0 Å². The first-order valence-electron chi connectivity index (χ1n) is 8.33.